The highest BCUT2D eigenvalue weighted by Crippen LogP contribution is 2.24. The van der Waals surface area contributed by atoms with Crippen molar-refractivity contribution in [1.82, 2.24) is 9.80 Å². The molecule has 116 valence electrons. The van der Waals surface area contributed by atoms with Gasteiger partial charge in [-0.3, -0.25) is 0 Å². The zero-order valence-electron chi connectivity index (χ0n) is 13.0. The topological polar surface area (TPSA) is 9.72 Å². The van der Waals surface area contributed by atoms with Crippen LogP contribution in [0.1, 0.15) is 12.8 Å². The molecule has 0 radical (unpaired) electrons. The predicted octanol–water partition coefficient (Wildman–Crippen LogP) is 2.76. The highest BCUT2D eigenvalue weighted by Gasteiger charge is 2.23. The minimum absolute atomic E-state index is 0.897. The van der Waals surface area contributed by atoms with Crippen LogP contribution >= 0.6 is 22.6 Å². The molecule has 1 aromatic rings. The van der Waals surface area contributed by atoms with Gasteiger partial charge in [0.05, 0.1) is 0 Å². The molecule has 0 unspecified atom stereocenters. The number of piperazine rings is 1. The molecule has 3 nitrogen and oxygen atoms in total. The van der Waals surface area contributed by atoms with Crippen LogP contribution in [0.2, 0.25) is 0 Å². The molecule has 2 fully saturated rings. The summed E-state index contributed by atoms with van der Waals surface area (Å²) >= 11 is 2.38. The van der Waals surface area contributed by atoms with Crippen LogP contribution in [0.25, 0.3) is 0 Å². The Balaban J connectivity index is 1.45. The molecule has 0 atom stereocenters. The molecule has 2 aliphatic heterocycles. The smallest absolute Gasteiger partial charge is 0.0366 e. The Morgan fingerprint density at radius 2 is 1.57 bits per heavy atom. The van der Waals surface area contributed by atoms with E-state index in [0.717, 1.165) is 5.92 Å². The summed E-state index contributed by atoms with van der Waals surface area (Å²) in [5.74, 6) is 0.897. The first-order chi connectivity index (χ1) is 10.2. The van der Waals surface area contributed by atoms with E-state index in [1.165, 1.54) is 67.9 Å². The van der Waals surface area contributed by atoms with Gasteiger partial charge in [-0.1, -0.05) is 0 Å². The van der Waals surface area contributed by atoms with E-state index in [4.69, 9.17) is 0 Å². The van der Waals surface area contributed by atoms with E-state index in [1.54, 1.807) is 0 Å². The summed E-state index contributed by atoms with van der Waals surface area (Å²) in [5, 5.41) is 0. The summed E-state index contributed by atoms with van der Waals surface area (Å²) < 4.78 is 1.32. The van der Waals surface area contributed by atoms with Crippen molar-refractivity contribution in [2.45, 2.75) is 12.8 Å². The zero-order valence-corrected chi connectivity index (χ0v) is 15.1. The van der Waals surface area contributed by atoms with Crippen molar-refractivity contribution in [3.63, 3.8) is 0 Å². The largest absolute Gasteiger partial charge is 0.372 e. The Kier molecular flexibility index (Phi) is 5.40. The molecule has 2 saturated heterocycles. The van der Waals surface area contributed by atoms with Gasteiger partial charge in [0.1, 0.15) is 0 Å². The normalized spacial score (nSPS) is 22.7. The number of rotatable bonds is 3. The van der Waals surface area contributed by atoms with Crippen LogP contribution in [0, 0.1) is 9.49 Å². The van der Waals surface area contributed by atoms with Crippen LogP contribution < -0.4 is 4.90 Å². The lowest BCUT2D eigenvalue weighted by atomic mass is 9.95. The molecule has 21 heavy (non-hydrogen) atoms. The Hall–Kier alpha value is -0.330. The number of halogens is 1. The number of nitrogens with zero attached hydrogens (tertiary/aromatic N) is 3. The number of hydrogen-bond acceptors (Lipinski definition) is 3. The van der Waals surface area contributed by atoms with Gasteiger partial charge < -0.3 is 14.7 Å². The van der Waals surface area contributed by atoms with Crippen LogP contribution in [0.3, 0.4) is 0 Å². The first-order valence-electron chi connectivity index (χ1n) is 8.12. The maximum Gasteiger partial charge on any atom is 0.0366 e. The molecule has 0 N–H and O–H groups in total. The summed E-state index contributed by atoms with van der Waals surface area (Å²) in [4.78, 5) is 7.66. The molecular weight excluding hydrogens is 373 g/mol. The van der Waals surface area contributed by atoms with Crippen molar-refractivity contribution in [3.05, 3.63) is 27.8 Å². The van der Waals surface area contributed by atoms with Gasteiger partial charge >= 0.3 is 0 Å². The summed E-state index contributed by atoms with van der Waals surface area (Å²) in [6.07, 6.45) is 2.69. The van der Waals surface area contributed by atoms with Gasteiger partial charge in [0.15, 0.2) is 0 Å². The van der Waals surface area contributed by atoms with Crippen molar-refractivity contribution >= 4 is 28.3 Å². The highest BCUT2D eigenvalue weighted by molar-refractivity contribution is 14.1. The zero-order chi connectivity index (χ0) is 14.7. The van der Waals surface area contributed by atoms with Crippen LogP contribution in [-0.4, -0.2) is 62.7 Å². The SMILES string of the molecule is CN1CCN(CC2CCN(c3ccc(I)cc3)CC2)CC1. The van der Waals surface area contributed by atoms with E-state index >= 15 is 0 Å². The Labute approximate surface area is 142 Å². The van der Waals surface area contributed by atoms with E-state index in [0.29, 0.717) is 0 Å². The highest BCUT2D eigenvalue weighted by atomic mass is 127. The van der Waals surface area contributed by atoms with Gasteiger partial charge in [-0.15, -0.1) is 0 Å². The van der Waals surface area contributed by atoms with Crippen molar-refractivity contribution in [1.29, 1.82) is 0 Å². The van der Waals surface area contributed by atoms with Gasteiger partial charge in [0.25, 0.3) is 0 Å². The van der Waals surface area contributed by atoms with Gasteiger partial charge in [-0.05, 0) is 72.7 Å². The van der Waals surface area contributed by atoms with E-state index in [9.17, 15) is 0 Å². The molecule has 0 bridgehead atoms. The minimum Gasteiger partial charge on any atom is -0.372 e. The Morgan fingerprint density at radius 1 is 0.952 bits per heavy atom. The molecule has 0 saturated carbocycles. The van der Waals surface area contributed by atoms with Crippen molar-refractivity contribution in [2.24, 2.45) is 5.92 Å². The molecule has 2 heterocycles. The summed E-state index contributed by atoms with van der Waals surface area (Å²) in [5.41, 5.74) is 1.40. The van der Waals surface area contributed by atoms with Gasteiger partial charge in [-0.2, -0.15) is 0 Å². The first kappa shape index (κ1) is 15.6. The van der Waals surface area contributed by atoms with Crippen LogP contribution in [0.4, 0.5) is 5.69 Å². The summed E-state index contributed by atoms with van der Waals surface area (Å²) in [7, 11) is 2.23. The molecule has 0 amide bonds. The fraction of sp³-hybridized carbons (Fsp3) is 0.647. The van der Waals surface area contributed by atoms with E-state index in [1.807, 2.05) is 0 Å². The molecule has 0 aliphatic carbocycles. The minimum atomic E-state index is 0.897. The molecular formula is C17H26IN3. The maximum absolute atomic E-state index is 2.67. The van der Waals surface area contributed by atoms with Crippen LogP contribution in [0.15, 0.2) is 24.3 Å². The average molecular weight is 399 g/mol. The molecule has 4 heteroatoms. The predicted molar refractivity (Wildman–Crippen MR) is 98.0 cm³/mol. The van der Waals surface area contributed by atoms with E-state index in [2.05, 4.69) is 68.6 Å². The Bertz CT molecular complexity index is 432. The fourth-order valence-corrected chi connectivity index (χ4v) is 3.78. The van der Waals surface area contributed by atoms with Gasteiger partial charge in [-0.25, -0.2) is 0 Å². The second-order valence-corrected chi connectivity index (χ2v) is 7.76. The molecule has 0 aromatic heterocycles. The third-order valence-electron chi connectivity index (χ3n) is 4.92. The second-order valence-electron chi connectivity index (χ2n) is 6.51. The number of piperidine rings is 1. The van der Waals surface area contributed by atoms with Gasteiger partial charge in [0.2, 0.25) is 0 Å². The van der Waals surface area contributed by atoms with Crippen LogP contribution in [0.5, 0.6) is 0 Å². The number of likely N-dealkylation sites (N-methyl/N-ethyl adjacent to an activating group) is 1. The van der Waals surface area contributed by atoms with Gasteiger partial charge in [0, 0.05) is 55.1 Å². The third-order valence-corrected chi connectivity index (χ3v) is 5.64. The molecule has 0 spiro atoms. The lowest BCUT2D eigenvalue weighted by molar-refractivity contribution is 0.129. The first-order valence-corrected chi connectivity index (χ1v) is 9.20. The van der Waals surface area contributed by atoms with Crippen LogP contribution in [-0.2, 0) is 0 Å². The number of anilines is 1. The van der Waals surface area contributed by atoms with Crippen molar-refractivity contribution in [3.8, 4) is 0 Å². The molecule has 3 rings (SSSR count). The maximum atomic E-state index is 2.67. The lowest BCUT2D eigenvalue weighted by Gasteiger charge is -2.38. The number of hydrogen-bond donors (Lipinski definition) is 0. The number of benzene rings is 1. The summed E-state index contributed by atoms with van der Waals surface area (Å²) in [6.45, 7) is 8.75. The second kappa shape index (κ2) is 7.29. The standard InChI is InChI=1S/C17H26IN3/c1-19-10-12-20(13-11-19)14-15-6-8-21(9-7-15)17-4-2-16(18)3-5-17/h2-5,15H,6-14H2,1H3. The van der Waals surface area contributed by atoms with Crippen molar-refractivity contribution in [2.75, 3.05) is 57.8 Å². The summed E-state index contributed by atoms with van der Waals surface area (Å²) in [6, 6.07) is 8.96. The Morgan fingerprint density at radius 3 is 2.19 bits per heavy atom. The van der Waals surface area contributed by atoms with Crippen molar-refractivity contribution < 1.29 is 0 Å². The molecule has 2 aliphatic rings. The monoisotopic (exact) mass is 399 g/mol. The third kappa shape index (κ3) is 4.33. The molecule has 1 aromatic carbocycles. The van der Waals surface area contributed by atoms with E-state index in [-0.39, 0.29) is 0 Å². The quantitative estimate of drug-likeness (QED) is 0.724. The average Bonchev–Trinajstić information content (AvgIpc) is 2.51. The lowest BCUT2D eigenvalue weighted by Crippen LogP contribution is -2.47. The van der Waals surface area contributed by atoms with E-state index < -0.39 is 0 Å². The fourth-order valence-electron chi connectivity index (χ4n) is 3.42.